The minimum atomic E-state index is -0.221. The summed E-state index contributed by atoms with van der Waals surface area (Å²) in [7, 11) is 0. The van der Waals surface area contributed by atoms with Gasteiger partial charge in [-0.2, -0.15) is 5.10 Å². The second kappa shape index (κ2) is 9.54. The largest absolute Gasteiger partial charge is 0.494 e. The van der Waals surface area contributed by atoms with E-state index in [1.807, 2.05) is 32.2 Å². The third kappa shape index (κ3) is 5.93. The zero-order chi connectivity index (χ0) is 20.6. The number of hydrogen-bond donors (Lipinski definition) is 2. The van der Waals surface area contributed by atoms with Gasteiger partial charge in [-0.05, 0) is 67.9 Å². The average molecular weight is 392 g/mol. The molecular formula is C22H24N4O3. The molecule has 2 N–H and O–H groups in total. The van der Waals surface area contributed by atoms with Gasteiger partial charge in [0.05, 0.1) is 12.8 Å². The minimum Gasteiger partial charge on any atom is -0.494 e. The van der Waals surface area contributed by atoms with Crippen LogP contribution in [0.5, 0.6) is 5.75 Å². The van der Waals surface area contributed by atoms with E-state index in [-0.39, 0.29) is 11.8 Å². The topological polar surface area (TPSA) is 85.3 Å². The van der Waals surface area contributed by atoms with E-state index < -0.39 is 0 Å². The van der Waals surface area contributed by atoms with Gasteiger partial charge in [0.1, 0.15) is 5.75 Å². The standard InChI is InChI=1S/C22H24N4O3/c1-3-29-20-10-8-19(9-11-20)25-22(28)17-4-6-18(7-5-17)24-21(27)12-13-26-15-16(2)14-23-26/h4-11,14-15H,3,12-13H2,1-2H3,(H,24,27)(H,25,28). The van der Waals surface area contributed by atoms with Crippen molar-refractivity contribution in [2.24, 2.45) is 0 Å². The fraction of sp³-hybridized carbons (Fsp3) is 0.227. The van der Waals surface area contributed by atoms with Gasteiger partial charge in [0, 0.05) is 36.1 Å². The molecule has 0 saturated heterocycles. The van der Waals surface area contributed by atoms with Crippen molar-refractivity contribution in [1.82, 2.24) is 9.78 Å². The summed E-state index contributed by atoms with van der Waals surface area (Å²) in [6.45, 7) is 4.99. The Hall–Kier alpha value is -3.61. The molecule has 7 heteroatoms. The number of ether oxygens (including phenoxy) is 1. The summed E-state index contributed by atoms with van der Waals surface area (Å²) in [6, 6.07) is 14.0. The number of aryl methyl sites for hydroxylation is 2. The zero-order valence-electron chi connectivity index (χ0n) is 16.5. The number of carbonyl (C=O) groups excluding carboxylic acids is 2. The third-order valence-electron chi connectivity index (χ3n) is 4.18. The number of rotatable bonds is 8. The SMILES string of the molecule is CCOc1ccc(NC(=O)c2ccc(NC(=O)CCn3cc(C)cn3)cc2)cc1. The lowest BCUT2D eigenvalue weighted by atomic mass is 10.2. The van der Waals surface area contributed by atoms with Crippen LogP contribution in [0.2, 0.25) is 0 Å². The highest BCUT2D eigenvalue weighted by Crippen LogP contribution is 2.17. The first-order valence-electron chi connectivity index (χ1n) is 9.46. The van der Waals surface area contributed by atoms with Crippen LogP contribution in [0.1, 0.15) is 29.3 Å². The highest BCUT2D eigenvalue weighted by molar-refractivity contribution is 6.04. The summed E-state index contributed by atoms with van der Waals surface area (Å²) in [6.07, 6.45) is 3.97. The smallest absolute Gasteiger partial charge is 0.255 e. The molecule has 29 heavy (non-hydrogen) atoms. The maximum Gasteiger partial charge on any atom is 0.255 e. The molecule has 1 heterocycles. The molecule has 0 atom stereocenters. The quantitative estimate of drug-likeness (QED) is 0.609. The molecule has 0 saturated carbocycles. The second-order valence-corrected chi connectivity index (χ2v) is 6.57. The first-order valence-corrected chi connectivity index (χ1v) is 9.46. The molecule has 0 spiro atoms. The molecular weight excluding hydrogens is 368 g/mol. The van der Waals surface area contributed by atoms with E-state index in [2.05, 4.69) is 15.7 Å². The normalized spacial score (nSPS) is 10.4. The molecule has 0 unspecified atom stereocenters. The van der Waals surface area contributed by atoms with E-state index in [9.17, 15) is 9.59 Å². The van der Waals surface area contributed by atoms with Crippen molar-refractivity contribution in [3.63, 3.8) is 0 Å². The van der Waals surface area contributed by atoms with Gasteiger partial charge in [-0.25, -0.2) is 0 Å². The van der Waals surface area contributed by atoms with Crippen LogP contribution in [0.15, 0.2) is 60.9 Å². The molecule has 3 rings (SSSR count). The molecule has 2 aromatic carbocycles. The Morgan fingerprint density at radius 1 is 1.00 bits per heavy atom. The Morgan fingerprint density at radius 3 is 2.28 bits per heavy atom. The summed E-state index contributed by atoms with van der Waals surface area (Å²) < 4.78 is 7.13. The van der Waals surface area contributed by atoms with Crippen LogP contribution in [0.25, 0.3) is 0 Å². The van der Waals surface area contributed by atoms with E-state index in [0.717, 1.165) is 11.3 Å². The Balaban J connectivity index is 1.50. The van der Waals surface area contributed by atoms with Gasteiger partial charge in [-0.1, -0.05) is 0 Å². The Kier molecular flexibility index (Phi) is 6.63. The van der Waals surface area contributed by atoms with E-state index >= 15 is 0 Å². The van der Waals surface area contributed by atoms with E-state index in [0.29, 0.717) is 36.5 Å². The lowest BCUT2D eigenvalue weighted by molar-refractivity contribution is -0.116. The van der Waals surface area contributed by atoms with Crippen molar-refractivity contribution in [3.05, 3.63) is 72.1 Å². The first-order chi connectivity index (χ1) is 14.0. The van der Waals surface area contributed by atoms with Crippen molar-refractivity contribution in [1.29, 1.82) is 0 Å². The van der Waals surface area contributed by atoms with Crippen LogP contribution in [-0.2, 0) is 11.3 Å². The number of carbonyl (C=O) groups is 2. The van der Waals surface area contributed by atoms with E-state index in [1.165, 1.54) is 0 Å². The van der Waals surface area contributed by atoms with Gasteiger partial charge < -0.3 is 15.4 Å². The first kappa shape index (κ1) is 20.1. The van der Waals surface area contributed by atoms with Crippen LogP contribution >= 0.6 is 0 Å². The van der Waals surface area contributed by atoms with Gasteiger partial charge in [-0.3, -0.25) is 14.3 Å². The molecule has 0 aliphatic heterocycles. The number of benzene rings is 2. The number of aromatic nitrogens is 2. The fourth-order valence-electron chi connectivity index (χ4n) is 2.74. The summed E-state index contributed by atoms with van der Waals surface area (Å²) in [5.41, 5.74) is 2.89. The zero-order valence-corrected chi connectivity index (χ0v) is 16.5. The predicted octanol–water partition coefficient (Wildman–Crippen LogP) is 3.87. The van der Waals surface area contributed by atoms with Crippen molar-refractivity contribution >= 4 is 23.2 Å². The van der Waals surface area contributed by atoms with E-state index in [1.54, 1.807) is 47.3 Å². The van der Waals surface area contributed by atoms with Crippen molar-refractivity contribution in [2.75, 3.05) is 17.2 Å². The maximum absolute atomic E-state index is 12.4. The molecule has 0 radical (unpaired) electrons. The monoisotopic (exact) mass is 392 g/mol. The molecule has 7 nitrogen and oxygen atoms in total. The Bertz CT molecular complexity index is 962. The Labute approximate surface area is 169 Å². The number of anilines is 2. The summed E-state index contributed by atoms with van der Waals surface area (Å²) in [5.74, 6) is 0.430. The second-order valence-electron chi connectivity index (χ2n) is 6.57. The lowest BCUT2D eigenvalue weighted by Gasteiger charge is -2.09. The van der Waals surface area contributed by atoms with Crippen LogP contribution < -0.4 is 15.4 Å². The Morgan fingerprint density at radius 2 is 1.66 bits per heavy atom. The van der Waals surface area contributed by atoms with Gasteiger partial charge in [-0.15, -0.1) is 0 Å². The minimum absolute atomic E-state index is 0.107. The summed E-state index contributed by atoms with van der Waals surface area (Å²) in [4.78, 5) is 24.5. The summed E-state index contributed by atoms with van der Waals surface area (Å²) in [5, 5.41) is 9.82. The van der Waals surface area contributed by atoms with Crippen LogP contribution in [-0.4, -0.2) is 28.2 Å². The van der Waals surface area contributed by atoms with Crippen molar-refractivity contribution < 1.29 is 14.3 Å². The molecule has 3 aromatic rings. The van der Waals surface area contributed by atoms with Crippen LogP contribution in [0.4, 0.5) is 11.4 Å². The van der Waals surface area contributed by atoms with Gasteiger partial charge >= 0.3 is 0 Å². The number of hydrogen-bond acceptors (Lipinski definition) is 4. The predicted molar refractivity (Wildman–Crippen MR) is 112 cm³/mol. The third-order valence-corrected chi connectivity index (χ3v) is 4.18. The maximum atomic E-state index is 12.4. The number of amides is 2. The van der Waals surface area contributed by atoms with Crippen molar-refractivity contribution in [2.45, 2.75) is 26.8 Å². The molecule has 150 valence electrons. The van der Waals surface area contributed by atoms with Crippen LogP contribution in [0.3, 0.4) is 0 Å². The van der Waals surface area contributed by atoms with Crippen molar-refractivity contribution in [3.8, 4) is 5.75 Å². The molecule has 2 amide bonds. The van der Waals surface area contributed by atoms with Gasteiger partial charge in [0.2, 0.25) is 5.91 Å². The summed E-state index contributed by atoms with van der Waals surface area (Å²) >= 11 is 0. The lowest BCUT2D eigenvalue weighted by Crippen LogP contribution is -2.15. The average Bonchev–Trinajstić information content (AvgIpc) is 3.14. The fourth-order valence-corrected chi connectivity index (χ4v) is 2.74. The number of nitrogens with zero attached hydrogens (tertiary/aromatic N) is 2. The van der Waals surface area contributed by atoms with Crippen LogP contribution in [0, 0.1) is 6.92 Å². The molecule has 1 aromatic heterocycles. The molecule has 0 aliphatic carbocycles. The van der Waals surface area contributed by atoms with E-state index in [4.69, 9.17) is 4.74 Å². The number of nitrogens with one attached hydrogen (secondary N) is 2. The highest BCUT2D eigenvalue weighted by atomic mass is 16.5. The molecule has 0 aliphatic rings. The van der Waals surface area contributed by atoms with Gasteiger partial charge in [0.25, 0.3) is 5.91 Å². The highest BCUT2D eigenvalue weighted by Gasteiger charge is 2.08. The molecule has 0 fully saturated rings. The molecule has 0 bridgehead atoms. The van der Waals surface area contributed by atoms with Gasteiger partial charge in [0.15, 0.2) is 0 Å².